The van der Waals surface area contributed by atoms with Crippen LogP contribution in [0.2, 0.25) is 0 Å². The van der Waals surface area contributed by atoms with E-state index in [1.54, 1.807) is 6.07 Å². The van der Waals surface area contributed by atoms with Gasteiger partial charge in [-0.2, -0.15) is 0 Å². The van der Waals surface area contributed by atoms with Crippen LogP contribution in [-0.4, -0.2) is 5.11 Å². The molecule has 0 spiro atoms. The lowest BCUT2D eigenvalue weighted by Crippen LogP contribution is -1.92. The summed E-state index contributed by atoms with van der Waals surface area (Å²) in [6.45, 7) is -0.142. The molecule has 11 heavy (non-hydrogen) atoms. The van der Waals surface area contributed by atoms with Crippen LogP contribution in [0.4, 0.5) is 4.39 Å². The Morgan fingerprint density at radius 2 is 2.18 bits per heavy atom. The lowest BCUT2D eigenvalue weighted by atomic mass is 10.2. The highest BCUT2D eigenvalue weighted by atomic mass is 127. The third-order valence-corrected chi connectivity index (χ3v) is 3.17. The van der Waals surface area contributed by atoms with Crippen LogP contribution in [0.3, 0.4) is 0 Å². The summed E-state index contributed by atoms with van der Waals surface area (Å²) in [7, 11) is 0. The van der Waals surface area contributed by atoms with Crippen molar-refractivity contribution in [2.75, 3.05) is 0 Å². The summed E-state index contributed by atoms with van der Waals surface area (Å²) in [5.74, 6) is -0.338. The molecule has 4 heteroatoms. The lowest BCUT2D eigenvalue weighted by molar-refractivity contribution is 0.279. The molecule has 0 aliphatic rings. The zero-order chi connectivity index (χ0) is 8.43. The monoisotopic (exact) mass is 330 g/mol. The first-order chi connectivity index (χ1) is 5.16. The Balaban J connectivity index is 3.29. The number of hydrogen-bond donors (Lipinski definition) is 1. The fourth-order valence-corrected chi connectivity index (χ4v) is 2.18. The average molecular weight is 331 g/mol. The van der Waals surface area contributed by atoms with Gasteiger partial charge >= 0.3 is 0 Å². The van der Waals surface area contributed by atoms with Crippen LogP contribution in [0.5, 0.6) is 0 Å². The van der Waals surface area contributed by atoms with E-state index in [9.17, 15) is 4.39 Å². The Kier molecular flexibility index (Phi) is 3.27. The quantitative estimate of drug-likeness (QED) is 0.620. The first-order valence-electron chi connectivity index (χ1n) is 2.90. The third-order valence-electron chi connectivity index (χ3n) is 1.30. The zero-order valence-electron chi connectivity index (χ0n) is 5.44. The summed E-state index contributed by atoms with van der Waals surface area (Å²) < 4.78 is 14.0. The molecule has 1 N–H and O–H groups in total. The molecule has 0 aliphatic heterocycles. The molecule has 1 aromatic carbocycles. The molecule has 0 unspecified atom stereocenters. The van der Waals surface area contributed by atoms with Crippen LogP contribution in [-0.2, 0) is 6.61 Å². The van der Waals surface area contributed by atoms with Gasteiger partial charge in [-0.3, -0.25) is 0 Å². The van der Waals surface area contributed by atoms with Crippen molar-refractivity contribution in [3.8, 4) is 0 Å². The first-order valence-corrected chi connectivity index (χ1v) is 4.77. The van der Waals surface area contributed by atoms with Crippen molar-refractivity contribution in [2.24, 2.45) is 0 Å². The van der Waals surface area contributed by atoms with E-state index in [2.05, 4.69) is 15.9 Å². The largest absolute Gasteiger partial charge is 0.392 e. The number of rotatable bonds is 1. The van der Waals surface area contributed by atoms with Crippen molar-refractivity contribution in [3.63, 3.8) is 0 Å². The van der Waals surface area contributed by atoms with Gasteiger partial charge in [0.1, 0.15) is 5.82 Å². The topological polar surface area (TPSA) is 20.2 Å². The second kappa shape index (κ2) is 3.82. The number of aliphatic hydroxyl groups excluding tert-OH is 1. The zero-order valence-corrected chi connectivity index (χ0v) is 9.19. The van der Waals surface area contributed by atoms with E-state index in [1.807, 2.05) is 22.6 Å². The predicted molar refractivity (Wildman–Crippen MR) is 52.7 cm³/mol. The molecule has 60 valence electrons. The summed E-state index contributed by atoms with van der Waals surface area (Å²) in [5, 5.41) is 8.82. The molecule has 0 atom stereocenters. The number of aliphatic hydroxyl groups is 1. The standard InChI is InChI=1S/C7H5BrFIO/c8-7-4(3-11)6(10)2-1-5(7)9/h1-2,11H,3H2. The second-order valence-electron chi connectivity index (χ2n) is 1.98. The SMILES string of the molecule is OCc1c(I)ccc(F)c1Br. The van der Waals surface area contributed by atoms with E-state index in [0.717, 1.165) is 3.57 Å². The van der Waals surface area contributed by atoms with Crippen LogP contribution in [0.25, 0.3) is 0 Å². The maximum absolute atomic E-state index is 12.8. The molecule has 1 rings (SSSR count). The number of benzene rings is 1. The minimum Gasteiger partial charge on any atom is -0.392 e. The van der Waals surface area contributed by atoms with Crippen molar-refractivity contribution in [3.05, 3.63) is 31.6 Å². The molecule has 0 heterocycles. The van der Waals surface area contributed by atoms with Crippen LogP contribution < -0.4 is 0 Å². The van der Waals surface area contributed by atoms with Crippen molar-refractivity contribution >= 4 is 38.5 Å². The van der Waals surface area contributed by atoms with Crippen molar-refractivity contribution in [1.82, 2.24) is 0 Å². The highest BCUT2D eigenvalue weighted by Crippen LogP contribution is 2.25. The van der Waals surface area contributed by atoms with Crippen molar-refractivity contribution < 1.29 is 9.50 Å². The Hall–Kier alpha value is 0.320. The highest BCUT2D eigenvalue weighted by Gasteiger charge is 2.07. The van der Waals surface area contributed by atoms with Gasteiger partial charge in [-0.15, -0.1) is 0 Å². The molecular formula is C7H5BrFIO. The molecule has 0 fully saturated rings. The molecule has 0 saturated heterocycles. The van der Waals surface area contributed by atoms with Gasteiger partial charge in [0.2, 0.25) is 0 Å². The highest BCUT2D eigenvalue weighted by molar-refractivity contribution is 14.1. The minimum absolute atomic E-state index is 0.142. The molecule has 0 amide bonds. The van der Waals surface area contributed by atoms with Gasteiger partial charge in [0.25, 0.3) is 0 Å². The van der Waals surface area contributed by atoms with Crippen molar-refractivity contribution in [1.29, 1.82) is 0 Å². The number of halogens is 3. The molecule has 0 aliphatic carbocycles. The molecule has 0 radical (unpaired) electrons. The lowest BCUT2D eigenvalue weighted by Gasteiger charge is -2.03. The van der Waals surface area contributed by atoms with E-state index in [0.29, 0.717) is 10.0 Å². The summed E-state index contributed by atoms with van der Waals surface area (Å²) in [6, 6.07) is 3.00. The molecule has 0 aromatic heterocycles. The van der Waals surface area contributed by atoms with E-state index >= 15 is 0 Å². The maximum atomic E-state index is 12.8. The minimum atomic E-state index is -0.338. The normalized spacial score (nSPS) is 10.2. The molecular weight excluding hydrogens is 326 g/mol. The van der Waals surface area contributed by atoms with E-state index in [-0.39, 0.29) is 12.4 Å². The molecule has 0 saturated carbocycles. The number of hydrogen-bond acceptors (Lipinski definition) is 1. The second-order valence-corrected chi connectivity index (χ2v) is 3.94. The fourth-order valence-electron chi connectivity index (χ4n) is 0.714. The Morgan fingerprint density at radius 3 is 2.64 bits per heavy atom. The van der Waals surface area contributed by atoms with Crippen molar-refractivity contribution in [2.45, 2.75) is 6.61 Å². The van der Waals surface area contributed by atoms with Crippen LogP contribution in [0, 0.1) is 9.39 Å². The van der Waals surface area contributed by atoms with E-state index in [4.69, 9.17) is 5.11 Å². The van der Waals surface area contributed by atoms with Gasteiger partial charge in [0.15, 0.2) is 0 Å². The summed E-state index contributed by atoms with van der Waals surface area (Å²) >= 11 is 5.10. The van der Waals surface area contributed by atoms with Gasteiger partial charge in [-0.1, -0.05) is 0 Å². The van der Waals surface area contributed by atoms with E-state index < -0.39 is 0 Å². The smallest absolute Gasteiger partial charge is 0.137 e. The predicted octanol–water partition coefficient (Wildman–Crippen LogP) is 2.69. The van der Waals surface area contributed by atoms with Crippen LogP contribution in [0.15, 0.2) is 16.6 Å². The van der Waals surface area contributed by atoms with Gasteiger partial charge in [-0.05, 0) is 50.7 Å². The van der Waals surface area contributed by atoms with Gasteiger partial charge in [0.05, 0.1) is 11.1 Å². The van der Waals surface area contributed by atoms with Crippen LogP contribution in [0.1, 0.15) is 5.56 Å². The van der Waals surface area contributed by atoms with Crippen LogP contribution >= 0.6 is 38.5 Å². The molecule has 1 aromatic rings. The maximum Gasteiger partial charge on any atom is 0.137 e. The summed E-state index contributed by atoms with van der Waals surface area (Å²) in [6.07, 6.45) is 0. The Bertz CT molecular complexity index is 277. The van der Waals surface area contributed by atoms with Gasteiger partial charge in [0, 0.05) is 9.13 Å². The fraction of sp³-hybridized carbons (Fsp3) is 0.143. The molecule has 1 nitrogen and oxygen atoms in total. The Morgan fingerprint density at radius 1 is 1.55 bits per heavy atom. The van der Waals surface area contributed by atoms with Gasteiger partial charge in [-0.25, -0.2) is 4.39 Å². The summed E-state index contributed by atoms with van der Waals surface area (Å²) in [4.78, 5) is 0. The average Bonchev–Trinajstić information content (AvgIpc) is 1.99. The third kappa shape index (κ3) is 1.91. The first kappa shape index (κ1) is 9.41. The molecule has 0 bridgehead atoms. The van der Waals surface area contributed by atoms with Gasteiger partial charge < -0.3 is 5.11 Å². The Labute approximate surface area is 85.9 Å². The summed E-state index contributed by atoms with van der Waals surface area (Å²) in [5.41, 5.74) is 0.602. The van der Waals surface area contributed by atoms with E-state index in [1.165, 1.54) is 6.07 Å².